The summed E-state index contributed by atoms with van der Waals surface area (Å²) in [7, 11) is 0. The molecule has 2 aromatic heterocycles. The monoisotopic (exact) mass is 410 g/mol. The summed E-state index contributed by atoms with van der Waals surface area (Å²) >= 11 is 0. The van der Waals surface area contributed by atoms with Crippen LogP contribution in [0.25, 0.3) is 22.2 Å². The lowest BCUT2D eigenvalue weighted by molar-refractivity contribution is 0.333. The van der Waals surface area contributed by atoms with Crippen molar-refractivity contribution >= 4 is 16.5 Å². The lowest BCUT2D eigenvalue weighted by Crippen LogP contribution is -2.18. The molecule has 0 fully saturated rings. The number of nitrogens with zero attached hydrogens (tertiary/aromatic N) is 3. The summed E-state index contributed by atoms with van der Waals surface area (Å²) < 4.78 is 3.62. The molecular weight excluding hydrogens is 380 g/mol. The van der Waals surface area contributed by atoms with Gasteiger partial charge in [0.05, 0.1) is 23.4 Å². The molecule has 1 aromatic carbocycles. The molecule has 3 aromatic rings. The minimum Gasteiger partial charge on any atom is -0.507 e. The van der Waals surface area contributed by atoms with Gasteiger partial charge in [-0.05, 0) is 50.0 Å². The maximum absolute atomic E-state index is 12.8. The molecule has 160 valence electrons. The van der Waals surface area contributed by atoms with Crippen LogP contribution in [0, 0.1) is 11.8 Å². The third-order valence-corrected chi connectivity index (χ3v) is 5.49. The van der Waals surface area contributed by atoms with Gasteiger partial charge in [0, 0.05) is 17.6 Å². The average Bonchev–Trinajstić information content (AvgIpc) is 3.29. The zero-order valence-electron chi connectivity index (χ0n) is 18.1. The van der Waals surface area contributed by atoms with Gasteiger partial charge >= 0.3 is 5.69 Å². The Labute approximate surface area is 176 Å². The van der Waals surface area contributed by atoms with Crippen LogP contribution >= 0.6 is 0 Å². The molecule has 1 unspecified atom stereocenters. The van der Waals surface area contributed by atoms with E-state index in [4.69, 9.17) is 0 Å². The van der Waals surface area contributed by atoms with Gasteiger partial charge in [-0.25, -0.2) is 14.5 Å². The Balaban J connectivity index is 2.28. The van der Waals surface area contributed by atoms with Crippen molar-refractivity contribution in [2.24, 2.45) is 11.8 Å². The number of hydrogen-bond acceptors (Lipinski definition) is 4. The quantitative estimate of drug-likeness (QED) is 0.402. The first kappa shape index (κ1) is 21.6. The molecule has 7 nitrogen and oxygen atoms in total. The second kappa shape index (κ2) is 8.75. The molecule has 0 spiro atoms. The second-order valence-electron chi connectivity index (χ2n) is 8.17. The zero-order valence-corrected chi connectivity index (χ0v) is 18.1. The van der Waals surface area contributed by atoms with Crippen molar-refractivity contribution in [3.8, 4) is 5.69 Å². The van der Waals surface area contributed by atoms with Crippen molar-refractivity contribution in [3.05, 3.63) is 64.7 Å². The van der Waals surface area contributed by atoms with Gasteiger partial charge in [0.1, 0.15) is 5.76 Å². The van der Waals surface area contributed by atoms with E-state index in [9.17, 15) is 15.0 Å². The zero-order chi connectivity index (χ0) is 22.0. The molecule has 0 saturated heterocycles. The fourth-order valence-corrected chi connectivity index (χ4v) is 3.44. The number of aliphatic hydroxyl groups excluding tert-OH is 2. The third-order valence-electron chi connectivity index (χ3n) is 5.49. The number of H-pyrrole nitrogens is 1. The first-order chi connectivity index (χ1) is 14.3. The van der Waals surface area contributed by atoms with Crippen LogP contribution in [-0.4, -0.2) is 36.2 Å². The number of benzene rings is 1. The number of nitrogens with one attached hydrogen (secondary N) is 1. The Bertz CT molecular complexity index is 1140. The van der Waals surface area contributed by atoms with Gasteiger partial charge < -0.3 is 14.8 Å². The largest absolute Gasteiger partial charge is 0.507 e. The lowest BCUT2D eigenvalue weighted by Gasteiger charge is -2.15. The molecule has 0 radical (unpaired) electrons. The molecule has 3 rings (SSSR count). The molecule has 3 N–H and O–H groups in total. The van der Waals surface area contributed by atoms with Gasteiger partial charge in [0.25, 0.3) is 0 Å². The van der Waals surface area contributed by atoms with E-state index < -0.39 is 5.69 Å². The summed E-state index contributed by atoms with van der Waals surface area (Å²) in [6.07, 6.45) is 5.19. The van der Waals surface area contributed by atoms with Gasteiger partial charge in [0.2, 0.25) is 0 Å². The maximum atomic E-state index is 12.8. The van der Waals surface area contributed by atoms with Gasteiger partial charge in [-0.15, -0.1) is 0 Å². The predicted molar refractivity (Wildman–Crippen MR) is 120 cm³/mol. The van der Waals surface area contributed by atoms with E-state index >= 15 is 0 Å². The molecule has 0 aliphatic heterocycles. The SMILES string of the molecule is CC(C)C(C)/C=C(\C(O)=C/CO)c1n[nH]c(=O)n1-c1cccc2c1ccn2C(C)C. The topological polar surface area (TPSA) is 96.1 Å². The van der Waals surface area contributed by atoms with E-state index in [2.05, 4.69) is 42.5 Å². The smallest absolute Gasteiger partial charge is 0.348 e. The summed E-state index contributed by atoms with van der Waals surface area (Å²) in [5, 5.41) is 27.6. The Morgan fingerprint density at radius 2 is 1.93 bits per heavy atom. The fourth-order valence-electron chi connectivity index (χ4n) is 3.44. The van der Waals surface area contributed by atoms with E-state index in [0.29, 0.717) is 23.0 Å². The highest BCUT2D eigenvalue weighted by atomic mass is 16.3. The molecule has 1 atom stereocenters. The van der Waals surface area contributed by atoms with E-state index in [1.165, 1.54) is 10.6 Å². The number of rotatable bonds is 7. The number of fused-ring (bicyclic) bond motifs is 1. The third kappa shape index (κ3) is 3.98. The summed E-state index contributed by atoms with van der Waals surface area (Å²) in [6, 6.07) is 8.05. The minimum absolute atomic E-state index is 0.114. The van der Waals surface area contributed by atoms with Crippen LogP contribution in [0.15, 0.2) is 53.2 Å². The highest BCUT2D eigenvalue weighted by Crippen LogP contribution is 2.29. The van der Waals surface area contributed by atoms with Crippen molar-refractivity contribution in [2.45, 2.75) is 40.7 Å². The Hall–Kier alpha value is -3.06. The van der Waals surface area contributed by atoms with E-state index in [1.807, 2.05) is 43.5 Å². The van der Waals surface area contributed by atoms with E-state index in [1.54, 1.807) is 0 Å². The van der Waals surface area contributed by atoms with Crippen molar-refractivity contribution in [1.82, 2.24) is 19.3 Å². The van der Waals surface area contributed by atoms with Crippen LogP contribution in [0.2, 0.25) is 0 Å². The maximum Gasteiger partial charge on any atom is 0.348 e. The molecule has 7 heteroatoms. The first-order valence-corrected chi connectivity index (χ1v) is 10.3. The summed E-state index contributed by atoms with van der Waals surface area (Å²) in [6.45, 7) is 10.1. The summed E-state index contributed by atoms with van der Waals surface area (Å²) in [5.41, 5.74) is 1.71. The molecule has 0 aliphatic rings. The lowest BCUT2D eigenvalue weighted by atomic mass is 9.94. The van der Waals surface area contributed by atoms with Gasteiger partial charge in [-0.3, -0.25) is 0 Å². The molecule has 30 heavy (non-hydrogen) atoms. The van der Waals surface area contributed by atoms with Crippen molar-refractivity contribution in [2.75, 3.05) is 6.61 Å². The van der Waals surface area contributed by atoms with Crippen LogP contribution in [0.1, 0.15) is 46.5 Å². The predicted octanol–water partition coefficient (Wildman–Crippen LogP) is 4.21. The Morgan fingerprint density at radius 1 is 1.20 bits per heavy atom. The van der Waals surface area contributed by atoms with E-state index in [-0.39, 0.29) is 24.3 Å². The summed E-state index contributed by atoms with van der Waals surface area (Å²) in [5.74, 6) is 0.633. The molecule has 0 amide bonds. The number of aliphatic hydroxyl groups is 2. The molecular formula is C23H30N4O3. The minimum atomic E-state index is -0.394. The molecule has 2 heterocycles. The molecule has 0 saturated carbocycles. The second-order valence-corrected chi connectivity index (χ2v) is 8.17. The van der Waals surface area contributed by atoms with Crippen molar-refractivity contribution in [1.29, 1.82) is 0 Å². The van der Waals surface area contributed by atoms with Gasteiger partial charge in [-0.1, -0.05) is 32.9 Å². The van der Waals surface area contributed by atoms with Crippen LogP contribution in [0.4, 0.5) is 0 Å². The van der Waals surface area contributed by atoms with Crippen molar-refractivity contribution < 1.29 is 10.2 Å². The summed E-state index contributed by atoms with van der Waals surface area (Å²) in [4.78, 5) is 12.8. The molecule has 0 bridgehead atoms. The van der Waals surface area contributed by atoms with Gasteiger partial charge in [0.15, 0.2) is 5.82 Å². The van der Waals surface area contributed by atoms with Crippen LogP contribution in [-0.2, 0) is 0 Å². The van der Waals surface area contributed by atoms with E-state index in [0.717, 1.165) is 10.9 Å². The highest BCUT2D eigenvalue weighted by molar-refractivity contribution is 5.89. The standard InChI is InChI=1S/C23H30N4O3/c1-14(2)16(5)13-18(21(29)10-12-28)22-24-25-23(30)27(22)20-8-6-7-19-17(20)9-11-26(19)15(3)4/h6-11,13-16,28-29H,12H2,1-5H3,(H,25,30)/b18-13+,21-10+. The average molecular weight is 411 g/mol. The first-order valence-electron chi connectivity index (χ1n) is 10.3. The molecule has 0 aliphatic carbocycles. The van der Waals surface area contributed by atoms with Gasteiger partial charge in [-0.2, -0.15) is 5.10 Å². The Morgan fingerprint density at radius 3 is 2.57 bits per heavy atom. The fraction of sp³-hybridized carbons (Fsp3) is 0.391. The normalized spacial score (nSPS) is 14.3. The number of aromatic nitrogens is 4. The van der Waals surface area contributed by atoms with Crippen LogP contribution < -0.4 is 5.69 Å². The van der Waals surface area contributed by atoms with Crippen LogP contribution in [0.5, 0.6) is 0 Å². The van der Waals surface area contributed by atoms with Crippen molar-refractivity contribution in [3.63, 3.8) is 0 Å². The highest BCUT2D eigenvalue weighted by Gasteiger charge is 2.21. The number of allylic oxidation sites excluding steroid dienone is 2. The number of hydrogen-bond donors (Lipinski definition) is 3. The van der Waals surface area contributed by atoms with Crippen LogP contribution in [0.3, 0.4) is 0 Å². The number of aromatic amines is 1. The Kier molecular flexibility index (Phi) is 6.31.